The number of hydrogen-bond donors (Lipinski definition) is 1. The van der Waals surface area contributed by atoms with Gasteiger partial charge in [0.05, 0.1) is 0 Å². The first kappa shape index (κ1) is 11.2. The van der Waals surface area contributed by atoms with Crippen LogP contribution in [0.15, 0.2) is 29.2 Å². The maximum absolute atomic E-state index is 10.5. The van der Waals surface area contributed by atoms with Crippen LogP contribution in [0, 0.1) is 0 Å². The molecule has 0 heterocycles. The smallest absolute Gasteiger partial charge is 0.252 e. The molecule has 0 atom stereocenters. The van der Waals surface area contributed by atoms with Crippen molar-refractivity contribution in [2.75, 3.05) is 0 Å². The van der Waals surface area contributed by atoms with Gasteiger partial charge in [-0.15, -0.1) is 12.6 Å². The van der Waals surface area contributed by atoms with Crippen LogP contribution in [-0.4, -0.2) is 5.24 Å². The quantitative estimate of drug-likeness (QED) is 0.451. The molecule has 1 aromatic rings. The molecule has 0 fully saturated rings. The maximum atomic E-state index is 10.5. The van der Waals surface area contributed by atoms with Crippen molar-refractivity contribution in [1.82, 2.24) is 0 Å². The Kier molecular flexibility index (Phi) is 4.99. The van der Waals surface area contributed by atoms with Crippen LogP contribution in [0.3, 0.4) is 0 Å². The Bertz CT molecular complexity index is 247. The van der Waals surface area contributed by atoms with E-state index in [4.69, 9.17) is 11.6 Å². The van der Waals surface area contributed by atoms with E-state index in [2.05, 4.69) is 12.6 Å². The average Bonchev–Trinajstić information content (AvgIpc) is 1.88. The zero-order valence-electron chi connectivity index (χ0n) is 5.75. The van der Waals surface area contributed by atoms with Crippen LogP contribution in [-0.2, 0) is 19.5 Å². The molecule has 0 aliphatic carbocycles. The summed E-state index contributed by atoms with van der Waals surface area (Å²) in [4.78, 5) is 11.3. The molecule has 0 amide bonds. The van der Waals surface area contributed by atoms with Crippen molar-refractivity contribution in [2.45, 2.75) is 4.90 Å². The SMILES string of the molecule is O=C(Cl)c1ccc(S)cc1.[Zn]. The number of rotatable bonds is 1. The monoisotopic (exact) mass is 236 g/mol. The number of benzene rings is 1. The summed E-state index contributed by atoms with van der Waals surface area (Å²) in [6, 6.07) is 6.72. The van der Waals surface area contributed by atoms with Crippen molar-refractivity contribution in [1.29, 1.82) is 0 Å². The standard InChI is InChI=1S/C7H5ClOS.Zn/c8-7(9)5-1-3-6(10)4-2-5;/h1-4,10H;. The van der Waals surface area contributed by atoms with Crippen LogP contribution in [0.2, 0.25) is 0 Å². The van der Waals surface area contributed by atoms with Crippen LogP contribution in [0.4, 0.5) is 0 Å². The minimum absolute atomic E-state index is 0. The van der Waals surface area contributed by atoms with Gasteiger partial charge in [-0.05, 0) is 35.9 Å². The van der Waals surface area contributed by atoms with Crippen LogP contribution >= 0.6 is 24.2 Å². The first-order valence-electron chi connectivity index (χ1n) is 2.69. The van der Waals surface area contributed by atoms with Crippen molar-refractivity contribution >= 4 is 29.5 Å². The Morgan fingerprint density at radius 1 is 1.27 bits per heavy atom. The largest absolute Gasteiger partial charge is 0.276 e. The molecule has 54 valence electrons. The molecule has 0 spiro atoms. The predicted octanol–water partition coefficient (Wildman–Crippen LogP) is 2.35. The van der Waals surface area contributed by atoms with Crippen molar-refractivity contribution in [3.63, 3.8) is 0 Å². The Labute approximate surface area is 88.3 Å². The summed E-state index contributed by atoms with van der Waals surface area (Å²) in [6.07, 6.45) is 0. The summed E-state index contributed by atoms with van der Waals surface area (Å²) in [5, 5.41) is -0.437. The first-order chi connectivity index (χ1) is 4.70. The first-order valence-corrected chi connectivity index (χ1v) is 3.51. The molecule has 1 aromatic carbocycles. The summed E-state index contributed by atoms with van der Waals surface area (Å²) in [5.74, 6) is 0. The number of hydrogen-bond acceptors (Lipinski definition) is 2. The second-order valence-electron chi connectivity index (χ2n) is 1.82. The summed E-state index contributed by atoms with van der Waals surface area (Å²) in [6.45, 7) is 0. The molecule has 0 aromatic heterocycles. The Balaban J connectivity index is 0.000001000. The molecule has 1 rings (SSSR count). The number of carbonyl (C=O) groups excluding carboxylic acids is 1. The van der Waals surface area contributed by atoms with Gasteiger partial charge in [-0.25, -0.2) is 0 Å². The van der Waals surface area contributed by atoms with Gasteiger partial charge in [0.1, 0.15) is 0 Å². The fraction of sp³-hybridized carbons (Fsp3) is 0. The molecule has 0 bridgehead atoms. The van der Waals surface area contributed by atoms with E-state index >= 15 is 0 Å². The Hall–Kier alpha value is 0.153. The van der Waals surface area contributed by atoms with Gasteiger partial charge >= 0.3 is 0 Å². The molecule has 0 aliphatic rings. The number of thiol groups is 1. The van der Waals surface area contributed by atoms with Crippen LogP contribution in [0.25, 0.3) is 0 Å². The van der Waals surface area contributed by atoms with Gasteiger partial charge < -0.3 is 0 Å². The zero-order chi connectivity index (χ0) is 7.56. The van der Waals surface area contributed by atoms with E-state index in [9.17, 15) is 4.79 Å². The van der Waals surface area contributed by atoms with Gasteiger partial charge in [0.25, 0.3) is 5.24 Å². The topological polar surface area (TPSA) is 17.1 Å². The number of carbonyl (C=O) groups is 1. The molecule has 0 aliphatic heterocycles. The third kappa shape index (κ3) is 3.37. The molecule has 0 N–H and O–H groups in total. The van der Waals surface area contributed by atoms with Gasteiger partial charge in [-0.1, -0.05) is 0 Å². The van der Waals surface area contributed by atoms with E-state index in [0.29, 0.717) is 5.56 Å². The molecule has 1 nitrogen and oxygen atoms in total. The van der Waals surface area contributed by atoms with Gasteiger partial charge in [0.2, 0.25) is 0 Å². The second-order valence-corrected chi connectivity index (χ2v) is 2.68. The van der Waals surface area contributed by atoms with Gasteiger partial charge in [0, 0.05) is 29.9 Å². The minimum atomic E-state index is -0.437. The fourth-order valence-corrected chi connectivity index (χ4v) is 0.868. The Morgan fingerprint density at radius 2 is 1.73 bits per heavy atom. The van der Waals surface area contributed by atoms with E-state index in [1.807, 2.05) is 0 Å². The molecule has 11 heavy (non-hydrogen) atoms. The van der Waals surface area contributed by atoms with E-state index in [-0.39, 0.29) is 19.5 Å². The van der Waals surface area contributed by atoms with Gasteiger partial charge in [-0.3, -0.25) is 4.79 Å². The van der Waals surface area contributed by atoms with Gasteiger partial charge in [0.15, 0.2) is 0 Å². The normalized spacial score (nSPS) is 8.55. The predicted molar refractivity (Wildman–Crippen MR) is 43.9 cm³/mol. The second kappa shape index (κ2) is 4.92. The van der Waals surface area contributed by atoms with Crippen molar-refractivity contribution in [3.8, 4) is 0 Å². The van der Waals surface area contributed by atoms with Crippen molar-refractivity contribution in [2.24, 2.45) is 0 Å². The van der Waals surface area contributed by atoms with Crippen molar-refractivity contribution in [3.05, 3.63) is 29.8 Å². The molecule has 0 saturated heterocycles. The minimum Gasteiger partial charge on any atom is -0.276 e. The van der Waals surface area contributed by atoms with E-state index in [1.54, 1.807) is 24.3 Å². The third-order valence-corrected chi connectivity index (χ3v) is 1.61. The average molecular weight is 238 g/mol. The molecular weight excluding hydrogens is 233 g/mol. The summed E-state index contributed by atoms with van der Waals surface area (Å²) >= 11 is 9.24. The van der Waals surface area contributed by atoms with Gasteiger partial charge in [-0.2, -0.15) is 0 Å². The van der Waals surface area contributed by atoms with Crippen LogP contribution in [0.5, 0.6) is 0 Å². The molecule has 0 unspecified atom stereocenters. The van der Waals surface area contributed by atoms with Crippen molar-refractivity contribution < 1.29 is 24.3 Å². The molecule has 4 heteroatoms. The third-order valence-electron chi connectivity index (χ3n) is 1.09. The summed E-state index contributed by atoms with van der Waals surface area (Å²) in [7, 11) is 0. The summed E-state index contributed by atoms with van der Waals surface area (Å²) in [5.41, 5.74) is 0.500. The van der Waals surface area contributed by atoms with Crippen LogP contribution < -0.4 is 0 Å². The molecule has 0 radical (unpaired) electrons. The Morgan fingerprint density at radius 3 is 2.09 bits per heavy atom. The fourth-order valence-electron chi connectivity index (χ4n) is 0.592. The van der Waals surface area contributed by atoms with E-state index in [1.165, 1.54) is 0 Å². The van der Waals surface area contributed by atoms with E-state index < -0.39 is 5.24 Å². The molecule has 0 saturated carbocycles. The molecular formula is C7H5ClOSZn. The van der Waals surface area contributed by atoms with E-state index in [0.717, 1.165) is 4.90 Å². The summed E-state index contributed by atoms with van der Waals surface area (Å²) < 4.78 is 0. The number of halogens is 1. The maximum Gasteiger partial charge on any atom is 0.252 e. The zero-order valence-corrected chi connectivity index (χ0v) is 10.4. The van der Waals surface area contributed by atoms with Crippen LogP contribution in [0.1, 0.15) is 10.4 Å².